The van der Waals surface area contributed by atoms with Gasteiger partial charge >= 0.3 is 0 Å². The van der Waals surface area contributed by atoms with Gasteiger partial charge in [0.25, 0.3) is 0 Å². The first-order chi connectivity index (χ1) is 5.68. The molecule has 1 aliphatic carbocycles. The van der Waals surface area contributed by atoms with E-state index in [1.807, 2.05) is 18.4 Å². The fourth-order valence-electron chi connectivity index (χ4n) is 1.48. The van der Waals surface area contributed by atoms with Gasteiger partial charge in [0, 0.05) is 5.38 Å². The predicted octanol–water partition coefficient (Wildman–Crippen LogP) is 2.15. The lowest BCUT2D eigenvalue weighted by molar-refractivity contribution is 0.0383. The van der Waals surface area contributed by atoms with Crippen molar-refractivity contribution in [2.45, 2.75) is 31.8 Å². The van der Waals surface area contributed by atoms with Crippen molar-refractivity contribution in [2.75, 3.05) is 0 Å². The summed E-state index contributed by atoms with van der Waals surface area (Å²) in [5, 5.41) is 11.9. The van der Waals surface area contributed by atoms with Gasteiger partial charge in [-0.3, -0.25) is 0 Å². The maximum Gasteiger partial charge on any atom is 0.105 e. The van der Waals surface area contributed by atoms with Crippen LogP contribution in [-0.2, 0) is 5.60 Å². The summed E-state index contributed by atoms with van der Waals surface area (Å²) in [5.41, 5.74) is 0.139. The van der Waals surface area contributed by atoms with Crippen molar-refractivity contribution in [3.05, 3.63) is 17.1 Å². The van der Waals surface area contributed by atoms with Crippen molar-refractivity contribution in [3.63, 3.8) is 0 Å². The van der Waals surface area contributed by atoms with E-state index in [4.69, 9.17) is 0 Å². The summed E-state index contributed by atoms with van der Waals surface area (Å²) in [7, 11) is 0. The number of hydrogen-bond acceptors (Lipinski definition) is 3. The second kappa shape index (κ2) is 2.82. The van der Waals surface area contributed by atoms with Gasteiger partial charge in [0.1, 0.15) is 5.60 Å². The molecule has 2 nitrogen and oxygen atoms in total. The topological polar surface area (TPSA) is 33.1 Å². The zero-order chi connectivity index (χ0) is 8.60. The van der Waals surface area contributed by atoms with Crippen molar-refractivity contribution >= 4 is 11.5 Å². The fraction of sp³-hybridized carbons (Fsp3) is 0.667. The molecule has 0 spiro atoms. The van der Waals surface area contributed by atoms with Crippen LogP contribution in [0.1, 0.15) is 31.9 Å². The van der Waals surface area contributed by atoms with E-state index in [9.17, 15) is 5.11 Å². The Hall–Kier alpha value is -0.410. The molecule has 12 heavy (non-hydrogen) atoms. The molecule has 0 radical (unpaired) electrons. The molecule has 0 aliphatic heterocycles. The highest BCUT2D eigenvalue weighted by Crippen LogP contribution is 2.40. The van der Waals surface area contributed by atoms with Gasteiger partial charge in [-0.2, -0.15) is 4.37 Å². The minimum Gasteiger partial charge on any atom is -0.384 e. The molecule has 1 N–H and O–H groups in total. The van der Waals surface area contributed by atoms with Crippen molar-refractivity contribution in [1.82, 2.24) is 4.37 Å². The van der Waals surface area contributed by atoms with Crippen molar-refractivity contribution in [3.8, 4) is 0 Å². The molecule has 1 atom stereocenters. The van der Waals surface area contributed by atoms with Gasteiger partial charge in [0.15, 0.2) is 0 Å². The molecule has 1 unspecified atom stereocenters. The minimum absolute atomic E-state index is 0.693. The van der Waals surface area contributed by atoms with Gasteiger partial charge in [-0.25, -0.2) is 0 Å². The second-order valence-electron chi connectivity index (χ2n) is 3.81. The van der Waals surface area contributed by atoms with E-state index in [0.717, 1.165) is 18.0 Å². The van der Waals surface area contributed by atoms with Gasteiger partial charge in [-0.1, -0.05) is 12.8 Å². The molecule has 0 saturated heterocycles. The Bertz CT molecular complexity index is 252. The van der Waals surface area contributed by atoms with Gasteiger partial charge in [0.2, 0.25) is 0 Å². The Morgan fingerprint density at radius 3 is 3.00 bits per heavy atom. The maximum atomic E-state index is 10.0. The Balaban J connectivity index is 2.08. The van der Waals surface area contributed by atoms with E-state index < -0.39 is 5.60 Å². The first-order valence-corrected chi connectivity index (χ1v) is 5.15. The van der Waals surface area contributed by atoms with Crippen LogP contribution in [-0.4, -0.2) is 9.48 Å². The molecule has 1 aliphatic rings. The molecule has 66 valence electrons. The first kappa shape index (κ1) is 8.20. The lowest BCUT2D eigenvalue weighted by Gasteiger charge is -2.20. The Labute approximate surface area is 76.4 Å². The molecular weight excluding hydrogens is 170 g/mol. The van der Waals surface area contributed by atoms with Crippen LogP contribution < -0.4 is 0 Å². The van der Waals surface area contributed by atoms with Crippen LogP contribution in [0.15, 0.2) is 11.4 Å². The average Bonchev–Trinajstić information content (AvgIpc) is 2.67. The zero-order valence-electron chi connectivity index (χ0n) is 7.16. The third-order valence-electron chi connectivity index (χ3n) is 2.37. The lowest BCUT2D eigenvalue weighted by Crippen LogP contribution is -2.22. The number of nitrogens with zero attached hydrogens (tertiary/aromatic N) is 1. The quantitative estimate of drug-likeness (QED) is 0.779. The average molecular weight is 183 g/mol. The Kier molecular flexibility index (Phi) is 1.93. The summed E-state index contributed by atoms with van der Waals surface area (Å²) in [4.78, 5) is 0. The molecule has 1 saturated carbocycles. The normalized spacial score (nSPS) is 22.2. The summed E-state index contributed by atoms with van der Waals surface area (Å²) < 4.78 is 4.16. The predicted molar refractivity (Wildman–Crippen MR) is 49.0 cm³/mol. The number of aromatic nitrogens is 1. The van der Waals surface area contributed by atoms with E-state index in [0.29, 0.717) is 0 Å². The summed E-state index contributed by atoms with van der Waals surface area (Å²) in [6, 6.07) is 1.91. The first-order valence-electron chi connectivity index (χ1n) is 4.32. The minimum atomic E-state index is -0.693. The van der Waals surface area contributed by atoms with E-state index in [1.165, 1.54) is 24.4 Å². The molecule has 1 fully saturated rings. The molecule has 2 rings (SSSR count). The SMILES string of the molecule is CC(O)(CC1CC1)c1ccsn1. The Morgan fingerprint density at radius 1 is 1.75 bits per heavy atom. The van der Waals surface area contributed by atoms with Crippen LogP contribution >= 0.6 is 11.5 Å². The highest BCUT2D eigenvalue weighted by Gasteiger charge is 2.33. The van der Waals surface area contributed by atoms with Crippen molar-refractivity contribution < 1.29 is 5.11 Å². The number of aliphatic hydroxyl groups is 1. The molecule has 0 amide bonds. The monoisotopic (exact) mass is 183 g/mol. The van der Waals surface area contributed by atoms with Crippen molar-refractivity contribution in [1.29, 1.82) is 0 Å². The van der Waals surface area contributed by atoms with E-state index in [2.05, 4.69) is 4.37 Å². The third kappa shape index (κ3) is 1.67. The number of hydrogen-bond donors (Lipinski definition) is 1. The zero-order valence-corrected chi connectivity index (χ0v) is 7.97. The van der Waals surface area contributed by atoms with E-state index in [1.54, 1.807) is 0 Å². The Morgan fingerprint density at radius 2 is 2.50 bits per heavy atom. The van der Waals surface area contributed by atoms with E-state index >= 15 is 0 Å². The van der Waals surface area contributed by atoms with E-state index in [-0.39, 0.29) is 0 Å². The molecule has 0 aromatic carbocycles. The van der Waals surface area contributed by atoms with Crippen LogP contribution in [0.5, 0.6) is 0 Å². The highest BCUT2D eigenvalue weighted by molar-refractivity contribution is 7.03. The largest absolute Gasteiger partial charge is 0.384 e. The summed E-state index contributed by atoms with van der Waals surface area (Å²) in [6.45, 7) is 1.86. The van der Waals surface area contributed by atoms with Crippen LogP contribution in [0.2, 0.25) is 0 Å². The second-order valence-corrected chi connectivity index (χ2v) is 4.47. The van der Waals surface area contributed by atoms with Crippen LogP contribution in [0.3, 0.4) is 0 Å². The third-order valence-corrected chi connectivity index (χ3v) is 2.93. The molecule has 1 aromatic heterocycles. The van der Waals surface area contributed by atoms with Gasteiger partial charge < -0.3 is 5.11 Å². The number of rotatable bonds is 3. The maximum absolute atomic E-state index is 10.0. The molecule has 3 heteroatoms. The molecule has 1 aromatic rings. The van der Waals surface area contributed by atoms with Crippen molar-refractivity contribution in [2.24, 2.45) is 5.92 Å². The van der Waals surface area contributed by atoms with Crippen LogP contribution in [0.25, 0.3) is 0 Å². The van der Waals surface area contributed by atoms with Crippen LogP contribution in [0, 0.1) is 5.92 Å². The van der Waals surface area contributed by atoms with Gasteiger partial charge in [-0.05, 0) is 36.9 Å². The smallest absolute Gasteiger partial charge is 0.105 e. The van der Waals surface area contributed by atoms with Crippen LogP contribution in [0.4, 0.5) is 0 Å². The lowest BCUT2D eigenvalue weighted by atomic mass is 9.95. The summed E-state index contributed by atoms with van der Waals surface area (Å²) in [5.74, 6) is 0.738. The molecule has 0 bridgehead atoms. The van der Waals surface area contributed by atoms with Gasteiger partial charge in [-0.15, -0.1) is 0 Å². The molecule has 1 heterocycles. The van der Waals surface area contributed by atoms with Gasteiger partial charge in [0.05, 0.1) is 5.69 Å². The molecular formula is C9H13NOS. The fourth-order valence-corrected chi connectivity index (χ4v) is 2.10. The highest BCUT2D eigenvalue weighted by atomic mass is 32.1. The summed E-state index contributed by atoms with van der Waals surface area (Å²) in [6.07, 6.45) is 3.43. The standard InChI is InChI=1S/C9H13NOS/c1-9(11,6-7-2-3-7)8-4-5-12-10-8/h4-5,7,11H,2-3,6H2,1H3. The summed E-state index contributed by atoms with van der Waals surface area (Å²) >= 11 is 1.40.